The highest BCUT2D eigenvalue weighted by molar-refractivity contribution is 5.97. The summed E-state index contributed by atoms with van der Waals surface area (Å²) in [5, 5.41) is 9.32. The Morgan fingerprint density at radius 3 is 2.65 bits per heavy atom. The number of aromatic hydroxyl groups is 1. The van der Waals surface area contributed by atoms with Crippen molar-refractivity contribution in [3.05, 3.63) is 29.8 Å². The molecule has 1 aromatic rings. The second-order valence-electron chi connectivity index (χ2n) is 6.97. The van der Waals surface area contributed by atoms with Crippen LogP contribution in [-0.4, -0.2) is 40.8 Å². The van der Waals surface area contributed by atoms with Gasteiger partial charge in [0.15, 0.2) is 5.78 Å². The molecule has 0 aromatic heterocycles. The zero-order valence-corrected chi connectivity index (χ0v) is 13.4. The predicted octanol–water partition coefficient (Wildman–Crippen LogP) is 1.80. The van der Waals surface area contributed by atoms with Crippen molar-refractivity contribution in [1.29, 1.82) is 0 Å². The zero-order valence-electron chi connectivity index (χ0n) is 13.4. The highest BCUT2D eigenvalue weighted by atomic mass is 16.3. The summed E-state index contributed by atoms with van der Waals surface area (Å²) in [6.07, 6.45) is 3.40. The van der Waals surface area contributed by atoms with Gasteiger partial charge in [0.1, 0.15) is 5.75 Å². The first-order valence-electron chi connectivity index (χ1n) is 8.34. The molecule has 4 atom stereocenters. The number of Topliss-reactive ketones (excluding diaryl/α,β-unsaturated/α-hetero) is 1. The van der Waals surface area contributed by atoms with Crippen molar-refractivity contribution in [3.8, 4) is 5.75 Å². The number of phenolic OH excluding ortho intramolecular Hbond substituents is 1. The first-order chi connectivity index (χ1) is 11.0. The normalized spacial score (nSPS) is 28.5. The van der Waals surface area contributed by atoms with Gasteiger partial charge in [-0.3, -0.25) is 14.5 Å². The fourth-order valence-corrected chi connectivity index (χ4v) is 4.32. The molecule has 1 saturated carbocycles. The zero-order chi connectivity index (χ0) is 16.6. The lowest BCUT2D eigenvalue weighted by atomic mass is 9.93. The maximum absolute atomic E-state index is 12.5. The number of primary amides is 1. The summed E-state index contributed by atoms with van der Waals surface area (Å²) in [4.78, 5) is 26.5. The largest absolute Gasteiger partial charge is 0.508 e. The van der Waals surface area contributed by atoms with Gasteiger partial charge in [-0.25, -0.2) is 0 Å². The third-order valence-electron chi connectivity index (χ3n) is 5.39. The molecule has 0 bridgehead atoms. The standard InChI is InChI=1S/C18H24N2O3/c1-11(17(22)12-5-7-14(21)8-6-12)9-20-10-13-3-2-4-15(13)16(20)18(19)23/h5-8,11,13,15-16,21H,2-4,9-10H2,1H3,(H2,19,23). The summed E-state index contributed by atoms with van der Waals surface area (Å²) in [6, 6.07) is 6.09. The molecule has 3 rings (SSSR count). The van der Waals surface area contributed by atoms with E-state index in [9.17, 15) is 14.7 Å². The molecule has 3 N–H and O–H groups in total. The molecule has 5 nitrogen and oxygen atoms in total. The van der Waals surface area contributed by atoms with E-state index in [1.54, 1.807) is 12.1 Å². The summed E-state index contributed by atoms with van der Waals surface area (Å²) in [7, 11) is 0. The topological polar surface area (TPSA) is 83.6 Å². The summed E-state index contributed by atoms with van der Waals surface area (Å²) < 4.78 is 0. The molecule has 1 saturated heterocycles. The number of carbonyl (C=O) groups excluding carboxylic acids is 2. The minimum atomic E-state index is -0.260. The van der Waals surface area contributed by atoms with Crippen molar-refractivity contribution in [1.82, 2.24) is 4.90 Å². The van der Waals surface area contributed by atoms with E-state index < -0.39 is 0 Å². The molecule has 2 fully saturated rings. The smallest absolute Gasteiger partial charge is 0.235 e. The van der Waals surface area contributed by atoms with Gasteiger partial charge in [-0.2, -0.15) is 0 Å². The fourth-order valence-electron chi connectivity index (χ4n) is 4.32. The molecule has 124 valence electrons. The van der Waals surface area contributed by atoms with E-state index in [1.807, 2.05) is 6.92 Å². The van der Waals surface area contributed by atoms with E-state index in [0.29, 0.717) is 23.9 Å². The highest BCUT2D eigenvalue weighted by Gasteiger charge is 2.47. The number of nitrogens with two attached hydrogens (primary N) is 1. The number of likely N-dealkylation sites (tertiary alicyclic amines) is 1. The van der Waals surface area contributed by atoms with Crippen LogP contribution < -0.4 is 5.73 Å². The minimum absolute atomic E-state index is 0.0327. The van der Waals surface area contributed by atoms with Gasteiger partial charge in [0.05, 0.1) is 6.04 Å². The monoisotopic (exact) mass is 316 g/mol. The quantitative estimate of drug-likeness (QED) is 0.811. The number of nitrogens with zero attached hydrogens (tertiary/aromatic N) is 1. The lowest BCUT2D eigenvalue weighted by Gasteiger charge is -2.27. The Morgan fingerprint density at radius 1 is 1.30 bits per heavy atom. The van der Waals surface area contributed by atoms with Gasteiger partial charge >= 0.3 is 0 Å². The van der Waals surface area contributed by atoms with Gasteiger partial charge in [0.2, 0.25) is 5.91 Å². The van der Waals surface area contributed by atoms with Gasteiger partial charge in [-0.1, -0.05) is 13.3 Å². The number of fused-ring (bicyclic) bond motifs is 1. The van der Waals surface area contributed by atoms with Crippen molar-refractivity contribution in [2.24, 2.45) is 23.5 Å². The van der Waals surface area contributed by atoms with Crippen LogP contribution in [0.3, 0.4) is 0 Å². The lowest BCUT2D eigenvalue weighted by Crippen LogP contribution is -2.46. The molecule has 1 heterocycles. The van der Waals surface area contributed by atoms with E-state index in [-0.39, 0.29) is 29.4 Å². The Bertz CT molecular complexity index is 599. The number of ketones is 1. The Balaban J connectivity index is 1.69. The second-order valence-corrected chi connectivity index (χ2v) is 6.97. The van der Waals surface area contributed by atoms with Crippen LogP contribution in [0.4, 0.5) is 0 Å². The van der Waals surface area contributed by atoms with Gasteiger partial charge in [0, 0.05) is 24.6 Å². The molecule has 0 spiro atoms. The molecular weight excluding hydrogens is 292 g/mol. The van der Waals surface area contributed by atoms with Gasteiger partial charge in [0.25, 0.3) is 0 Å². The van der Waals surface area contributed by atoms with Crippen molar-refractivity contribution in [2.45, 2.75) is 32.2 Å². The summed E-state index contributed by atoms with van der Waals surface area (Å²) >= 11 is 0. The number of rotatable bonds is 5. The lowest BCUT2D eigenvalue weighted by molar-refractivity contribution is -0.123. The number of phenols is 1. The molecule has 23 heavy (non-hydrogen) atoms. The summed E-state index contributed by atoms with van der Waals surface area (Å²) in [6.45, 7) is 3.31. The molecule has 1 amide bonds. The number of hydrogen-bond acceptors (Lipinski definition) is 4. The number of carbonyl (C=O) groups is 2. The van der Waals surface area contributed by atoms with Crippen molar-refractivity contribution >= 4 is 11.7 Å². The van der Waals surface area contributed by atoms with E-state index >= 15 is 0 Å². The van der Waals surface area contributed by atoms with Gasteiger partial charge < -0.3 is 10.8 Å². The van der Waals surface area contributed by atoms with E-state index in [4.69, 9.17) is 5.73 Å². The van der Waals surface area contributed by atoms with E-state index in [1.165, 1.54) is 18.6 Å². The molecular formula is C18H24N2O3. The first kappa shape index (κ1) is 16.0. The minimum Gasteiger partial charge on any atom is -0.508 e. The van der Waals surface area contributed by atoms with Crippen LogP contribution in [0.2, 0.25) is 0 Å². The first-order valence-corrected chi connectivity index (χ1v) is 8.34. The van der Waals surface area contributed by atoms with Crippen LogP contribution >= 0.6 is 0 Å². The molecule has 1 aliphatic heterocycles. The number of benzene rings is 1. The Labute approximate surface area is 136 Å². The average Bonchev–Trinajstić information content (AvgIpc) is 3.07. The molecule has 0 radical (unpaired) electrons. The Hall–Kier alpha value is -1.88. The third-order valence-corrected chi connectivity index (χ3v) is 5.39. The van der Waals surface area contributed by atoms with E-state index in [0.717, 1.165) is 19.4 Å². The van der Waals surface area contributed by atoms with Crippen molar-refractivity contribution in [2.75, 3.05) is 13.1 Å². The molecule has 1 aromatic carbocycles. The highest BCUT2D eigenvalue weighted by Crippen LogP contribution is 2.42. The van der Waals surface area contributed by atoms with Crippen LogP contribution in [0.15, 0.2) is 24.3 Å². The maximum Gasteiger partial charge on any atom is 0.235 e. The van der Waals surface area contributed by atoms with Crippen LogP contribution in [0.5, 0.6) is 5.75 Å². The van der Waals surface area contributed by atoms with Crippen LogP contribution in [0.1, 0.15) is 36.5 Å². The molecule has 2 aliphatic rings. The van der Waals surface area contributed by atoms with Crippen molar-refractivity contribution in [3.63, 3.8) is 0 Å². The SMILES string of the molecule is CC(CN1CC2CCCC2C1C(N)=O)C(=O)c1ccc(O)cc1. The summed E-state index contributed by atoms with van der Waals surface area (Å²) in [5.74, 6) is 0.622. The van der Waals surface area contributed by atoms with Crippen molar-refractivity contribution < 1.29 is 14.7 Å². The van der Waals surface area contributed by atoms with Gasteiger partial charge in [-0.15, -0.1) is 0 Å². The average molecular weight is 316 g/mol. The van der Waals surface area contributed by atoms with Crippen LogP contribution in [0.25, 0.3) is 0 Å². The second kappa shape index (κ2) is 6.32. The summed E-state index contributed by atoms with van der Waals surface area (Å²) in [5.41, 5.74) is 6.22. The Morgan fingerprint density at radius 2 is 2.00 bits per heavy atom. The Kier molecular flexibility index (Phi) is 4.39. The molecule has 1 aliphatic carbocycles. The molecule has 4 unspecified atom stereocenters. The molecule has 5 heteroatoms. The third kappa shape index (κ3) is 3.11. The number of hydrogen-bond donors (Lipinski definition) is 2. The fraction of sp³-hybridized carbons (Fsp3) is 0.556. The maximum atomic E-state index is 12.5. The van der Waals surface area contributed by atoms with Crippen LogP contribution in [0, 0.1) is 17.8 Å². The predicted molar refractivity (Wildman–Crippen MR) is 87.0 cm³/mol. The van der Waals surface area contributed by atoms with Gasteiger partial charge in [-0.05, 0) is 48.9 Å². The van der Waals surface area contributed by atoms with Crippen LogP contribution in [-0.2, 0) is 4.79 Å². The van der Waals surface area contributed by atoms with E-state index in [2.05, 4.69) is 4.90 Å². The number of amides is 1.